The number of nitrogens with zero attached hydrogens (tertiary/aromatic N) is 1. The van der Waals surface area contributed by atoms with Gasteiger partial charge < -0.3 is 5.32 Å². The molecule has 12 heavy (non-hydrogen) atoms. The van der Waals surface area contributed by atoms with E-state index in [0.29, 0.717) is 0 Å². The Morgan fingerprint density at radius 2 is 2.17 bits per heavy atom. The minimum atomic E-state index is -0.198. The van der Waals surface area contributed by atoms with Crippen LogP contribution in [0.1, 0.15) is 0 Å². The van der Waals surface area contributed by atoms with E-state index in [0.717, 1.165) is 5.69 Å². The van der Waals surface area contributed by atoms with Crippen molar-refractivity contribution >= 4 is 24.2 Å². The summed E-state index contributed by atoms with van der Waals surface area (Å²) in [5.74, 6) is -0.198. The highest BCUT2D eigenvalue weighted by atomic mass is 32.1. The van der Waals surface area contributed by atoms with Gasteiger partial charge in [-0.05, 0) is 17.5 Å². The van der Waals surface area contributed by atoms with Crippen LogP contribution in [0.3, 0.4) is 0 Å². The number of hydrogen-bond donors (Lipinski definition) is 2. The Morgan fingerprint density at radius 3 is 2.75 bits per heavy atom. The fraction of sp³-hybridized carbons (Fsp3) is 0. The molecule has 0 aliphatic heterocycles. The van der Waals surface area contributed by atoms with E-state index in [1.54, 1.807) is 24.5 Å². The van der Waals surface area contributed by atoms with Gasteiger partial charge in [-0.15, -0.1) is 0 Å². The standard InChI is InChI=1S/C8H8N2OS/c11-8(3-6-12)10-7-1-4-9-5-2-7/h1-6,12H,(H,9,10,11)/b6-3+. The SMILES string of the molecule is O=C(/C=C/S)Nc1ccncc1. The molecule has 0 saturated heterocycles. The largest absolute Gasteiger partial charge is 0.322 e. The maximum atomic E-state index is 10.9. The molecule has 0 bridgehead atoms. The van der Waals surface area contributed by atoms with Crippen molar-refractivity contribution in [1.82, 2.24) is 4.98 Å². The second-order valence-electron chi connectivity index (χ2n) is 2.04. The molecule has 3 nitrogen and oxygen atoms in total. The van der Waals surface area contributed by atoms with Crippen LogP contribution in [0.25, 0.3) is 0 Å². The van der Waals surface area contributed by atoms with Gasteiger partial charge in [-0.1, -0.05) is 0 Å². The molecule has 62 valence electrons. The number of carbonyl (C=O) groups excluding carboxylic acids is 1. The Morgan fingerprint density at radius 1 is 1.50 bits per heavy atom. The van der Waals surface area contributed by atoms with Crippen LogP contribution in [-0.4, -0.2) is 10.9 Å². The zero-order valence-electron chi connectivity index (χ0n) is 6.27. The lowest BCUT2D eigenvalue weighted by Gasteiger charge is -1.98. The Labute approximate surface area is 75.9 Å². The molecule has 1 aromatic rings. The maximum Gasteiger partial charge on any atom is 0.248 e. The highest BCUT2D eigenvalue weighted by molar-refractivity contribution is 7.83. The van der Waals surface area contributed by atoms with Crippen molar-refractivity contribution in [3.8, 4) is 0 Å². The second-order valence-corrected chi connectivity index (χ2v) is 2.34. The Balaban J connectivity index is 2.59. The number of hydrogen-bond acceptors (Lipinski definition) is 3. The average molecular weight is 180 g/mol. The predicted molar refractivity (Wildman–Crippen MR) is 51.0 cm³/mol. The van der Waals surface area contributed by atoms with E-state index in [9.17, 15) is 4.79 Å². The molecule has 0 aliphatic carbocycles. The van der Waals surface area contributed by atoms with Crippen LogP contribution in [0.15, 0.2) is 36.0 Å². The van der Waals surface area contributed by atoms with Gasteiger partial charge in [0.15, 0.2) is 0 Å². The van der Waals surface area contributed by atoms with Crippen LogP contribution in [0.4, 0.5) is 5.69 Å². The number of nitrogens with one attached hydrogen (secondary N) is 1. The molecule has 0 fully saturated rings. The summed E-state index contributed by atoms with van der Waals surface area (Å²) in [5, 5.41) is 4.01. The first kappa shape index (κ1) is 8.80. The van der Waals surface area contributed by atoms with E-state index < -0.39 is 0 Å². The topological polar surface area (TPSA) is 42.0 Å². The van der Waals surface area contributed by atoms with Gasteiger partial charge in [0.25, 0.3) is 0 Å². The van der Waals surface area contributed by atoms with E-state index >= 15 is 0 Å². The smallest absolute Gasteiger partial charge is 0.248 e. The van der Waals surface area contributed by atoms with E-state index in [2.05, 4.69) is 22.9 Å². The highest BCUT2D eigenvalue weighted by Gasteiger charge is 1.94. The summed E-state index contributed by atoms with van der Waals surface area (Å²) in [6.07, 6.45) is 4.56. The number of rotatable bonds is 2. The number of aromatic nitrogens is 1. The summed E-state index contributed by atoms with van der Waals surface area (Å²) in [4.78, 5) is 14.8. The molecule has 0 aromatic carbocycles. The first-order valence-electron chi connectivity index (χ1n) is 3.34. The van der Waals surface area contributed by atoms with E-state index in [1.165, 1.54) is 11.5 Å². The van der Waals surface area contributed by atoms with Crippen molar-refractivity contribution < 1.29 is 4.79 Å². The van der Waals surface area contributed by atoms with Gasteiger partial charge in [0.1, 0.15) is 0 Å². The Kier molecular flexibility index (Phi) is 3.35. The third kappa shape index (κ3) is 2.75. The molecule has 0 saturated carbocycles. The molecule has 1 heterocycles. The van der Waals surface area contributed by atoms with Gasteiger partial charge in [-0.25, -0.2) is 0 Å². The van der Waals surface area contributed by atoms with E-state index in [4.69, 9.17) is 0 Å². The average Bonchev–Trinajstić information content (AvgIpc) is 2.06. The first-order valence-corrected chi connectivity index (χ1v) is 3.86. The Bertz CT molecular complexity index is 284. The van der Waals surface area contributed by atoms with E-state index in [1.807, 2.05) is 0 Å². The van der Waals surface area contributed by atoms with Crippen molar-refractivity contribution in [2.45, 2.75) is 0 Å². The number of carbonyl (C=O) groups is 1. The van der Waals surface area contributed by atoms with Gasteiger partial charge >= 0.3 is 0 Å². The van der Waals surface area contributed by atoms with Crippen LogP contribution >= 0.6 is 12.6 Å². The van der Waals surface area contributed by atoms with Gasteiger partial charge in [-0.2, -0.15) is 12.6 Å². The van der Waals surface area contributed by atoms with Gasteiger partial charge in [0.05, 0.1) is 0 Å². The van der Waals surface area contributed by atoms with Crippen LogP contribution in [-0.2, 0) is 4.79 Å². The lowest BCUT2D eigenvalue weighted by atomic mass is 10.4. The molecule has 0 atom stereocenters. The van der Waals surface area contributed by atoms with Crippen LogP contribution in [0.5, 0.6) is 0 Å². The highest BCUT2D eigenvalue weighted by Crippen LogP contribution is 2.02. The van der Waals surface area contributed by atoms with Gasteiger partial charge in [-0.3, -0.25) is 9.78 Å². The lowest BCUT2D eigenvalue weighted by molar-refractivity contribution is -0.111. The summed E-state index contributed by atoms with van der Waals surface area (Å²) in [5.41, 5.74) is 0.724. The molecule has 0 radical (unpaired) electrons. The molecule has 1 aromatic heterocycles. The first-order chi connectivity index (χ1) is 5.83. The number of anilines is 1. The molecule has 0 spiro atoms. The summed E-state index contributed by atoms with van der Waals surface area (Å²) < 4.78 is 0. The van der Waals surface area contributed by atoms with Crippen molar-refractivity contribution in [2.75, 3.05) is 5.32 Å². The van der Waals surface area contributed by atoms with Crippen molar-refractivity contribution in [3.63, 3.8) is 0 Å². The summed E-state index contributed by atoms with van der Waals surface area (Å²) in [6, 6.07) is 3.43. The van der Waals surface area contributed by atoms with Crippen molar-refractivity contribution in [2.24, 2.45) is 0 Å². The quantitative estimate of drug-likeness (QED) is 0.534. The van der Waals surface area contributed by atoms with Crippen molar-refractivity contribution in [1.29, 1.82) is 0 Å². The third-order valence-electron chi connectivity index (χ3n) is 1.17. The van der Waals surface area contributed by atoms with Gasteiger partial charge in [0.2, 0.25) is 5.91 Å². The normalized spacial score (nSPS) is 10.1. The molecular weight excluding hydrogens is 172 g/mol. The van der Waals surface area contributed by atoms with Gasteiger partial charge in [0, 0.05) is 24.2 Å². The number of pyridine rings is 1. The zero-order chi connectivity index (χ0) is 8.81. The monoisotopic (exact) mass is 180 g/mol. The summed E-state index contributed by atoms with van der Waals surface area (Å²) in [7, 11) is 0. The second kappa shape index (κ2) is 4.56. The lowest BCUT2D eigenvalue weighted by Crippen LogP contribution is -2.07. The molecule has 1 N–H and O–H groups in total. The minimum Gasteiger partial charge on any atom is -0.322 e. The number of thiol groups is 1. The molecule has 0 unspecified atom stereocenters. The zero-order valence-corrected chi connectivity index (χ0v) is 7.16. The summed E-state index contributed by atoms with van der Waals surface area (Å²) >= 11 is 3.77. The molecule has 0 aliphatic rings. The molecule has 1 rings (SSSR count). The fourth-order valence-corrected chi connectivity index (χ4v) is 0.822. The van der Waals surface area contributed by atoms with Crippen LogP contribution in [0, 0.1) is 0 Å². The third-order valence-corrected chi connectivity index (χ3v) is 1.32. The minimum absolute atomic E-state index is 0.198. The Hall–Kier alpha value is -1.29. The fourth-order valence-electron chi connectivity index (χ4n) is 0.687. The molecular formula is C8H8N2OS. The number of amides is 1. The maximum absolute atomic E-state index is 10.9. The summed E-state index contributed by atoms with van der Waals surface area (Å²) in [6.45, 7) is 0. The van der Waals surface area contributed by atoms with Crippen LogP contribution < -0.4 is 5.32 Å². The molecule has 1 amide bonds. The predicted octanol–water partition coefficient (Wildman–Crippen LogP) is 1.46. The molecule has 4 heteroatoms. The van der Waals surface area contributed by atoms with E-state index in [-0.39, 0.29) is 5.91 Å². The van der Waals surface area contributed by atoms with Crippen molar-refractivity contribution in [3.05, 3.63) is 36.0 Å². The van der Waals surface area contributed by atoms with Crippen LogP contribution in [0.2, 0.25) is 0 Å².